The van der Waals surface area contributed by atoms with Gasteiger partial charge in [0.2, 0.25) is 12.0 Å². The van der Waals surface area contributed by atoms with E-state index in [1.165, 1.54) is 4.90 Å². The van der Waals surface area contributed by atoms with Gasteiger partial charge in [0.1, 0.15) is 0 Å². The third kappa shape index (κ3) is 2.65. The summed E-state index contributed by atoms with van der Waals surface area (Å²) in [6.07, 6.45) is 0.230. The molecule has 26 heavy (non-hydrogen) atoms. The molecule has 3 amide bonds. The number of primary amides is 1. The number of nitrogens with zero attached hydrogens (tertiary/aromatic N) is 2. The van der Waals surface area contributed by atoms with Crippen LogP contribution in [0.1, 0.15) is 24.8 Å². The molecule has 2 aliphatic heterocycles. The van der Waals surface area contributed by atoms with Crippen LogP contribution in [0.4, 0.5) is 21.0 Å². The molecule has 1 aliphatic carbocycles. The predicted octanol–water partition coefficient (Wildman–Crippen LogP) is 1.08. The summed E-state index contributed by atoms with van der Waals surface area (Å²) in [4.78, 5) is 49.9. The zero-order chi connectivity index (χ0) is 18.4. The molecule has 136 valence electrons. The van der Waals surface area contributed by atoms with Gasteiger partial charge in [-0.25, -0.2) is 14.4 Å². The number of carbonyl (C=O) groups excluding carboxylic acids is 4. The van der Waals surface area contributed by atoms with Crippen molar-refractivity contribution < 1.29 is 28.7 Å². The molecule has 0 spiro atoms. The van der Waals surface area contributed by atoms with Gasteiger partial charge in [0.25, 0.3) is 0 Å². The van der Waals surface area contributed by atoms with Gasteiger partial charge in [0.05, 0.1) is 13.0 Å². The van der Waals surface area contributed by atoms with Crippen molar-refractivity contribution in [2.75, 3.05) is 16.3 Å². The standard InChI is InChI=1S/C17H17N3O6/c18-16(23)26-15(22)13-8-19(17(24)25-13)11-4-5-12-9(6-11)7-14(21)20(12)10-2-1-3-10/h4-6,10,13H,1-3,7-8H2,(H2,18,23). The van der Waals surface area contributed by atoms with E-state index >= 15 is 0 Å². The van der Waals surface area contributed by atoms with Crippen LogP contribution in [0, 0.1) is 0 Å². The minimum Gasteiger partial charge on any atom is -0.432 e. The highest BCUT2D eigenvalue weighted by molar-refractivity contribution is 6.03. The SMILES string of the molecule is NC(=O)OC(=O)C1CN(c2ccc3c(c2)CC(=O)N3C2CCC2)C(=O)O1. The number of hydrogen-bond acceptors (Lipinski definition) is 6. The Hall–Kier alpha value is -3.10. The zero-order valence-corrected chi connectivity index (χ0v) is 13.8. The maximum atomic E-state index is 12.3. The number of hydrogen-bond donors (Lipinski definition) is 1. The highest BCUT2D eigenvalue weighted by atomic mass is 16.6. The van der Waals surface area contributed by atoms with Crippen molar-refractivity contribution in [2.24, 2.45) is 5.73 Å². The maximum Gasteiger partial charge on any atom is 0.415 e. The van der Waals surface area contributed by atoms with E-state index in [1.807, 2.05) is 11.0 Å². The molecule has 2 heterocycles. The van der Waals surface area contributed by atoms with Gasteiger partial charge >= 0.3 is 18.2 Å². The lowest BCUT2D eigenvalue weighted by Crippen LogP contribution is -2.42. The number of anilines is 2. The first-order chi connectivity index (χ1) is 12.4. The van der Waals surface area contributed by atoms with Gasteiger partial charge < -0.3 is 20.1 Å². The second-order valence-corrected chi connectivity index (χ2v) is 6.56. The first-order valence-electron chi connectivity index (χ1n) is 8.38. The molecule has 3 aliphatic rings. The number of rotatable bonds is 3. The van der Waals surface area contributed by atoms with E-state index in [1.54, 1.807) is 12.1 Å². The summed E-state index contributed by atoms with van der Waals surface area (Å²) >= 11 is 0. The van der Waals surface area contributed by atoms with Crippen LogP contribution < -0.4 is 15.5 Å². The van der Waals surface area contributed by atoms with Crippen LogP contribution in [0.15, 0.2) is 18.2 Å². The van der Waals surface area contributed by atoms with Crippen LogP contribution in [0.3, 0.4) is 0 Å². The Morgan fingerprint density at radius 2 is 2.00 bits per heavy atom. The summed E-state index contributed by atoms with van der Waals surface area (Å²) in [7, 11) is 0. The van der Waals surface area contributed by atoms with Gasteiger partial charge in [0, 0.05) is 17.4 Å². The van der Waals surface area contributed by atoms with Crippen molar-refractivity contribution >= 4 is 35.4 Å². The van der Waals surface area contributed by atoms with E-state index in [0.29, 0.717) is 5.69 Å². The monoisotopic (exact) mass is 359 g/mol. The smallest absolute Gasteiger partial charge is 0.415 e. The minimum absolute atomic E-state index is 0.0637. The second kappa shape index (κ2) is 6.01. The van der Waals surface area contributed by atoms with Crippen molar-refractivity contribution in [2.45, 2.75) is 37.8 Å². The highest BCUT2D eigenvalue weighted by Crippen LogP contribution is 2.39. The molecule has 1 aromatic carbocycles. The number of nitrogens with two attached hydrogens (primary N) is 1. The Morgan fingerprint density at radius 1 is 1.23 bits per heavy atom. The van der Waals surface area contributed by atoms with Gasteiger partial charge in [-0.1, -0.05) is 0 Å². The molecule has 9 heteroatoms. The molecule has 9 nitrogen and oxygen atoms in total. The van der Waals surface area contributed by atoms with E-state index in [4.69, 9.17) is 10.5 Å². The number of fused-ring (bicyclic) bond motifs is 1. The Bertz CT molecular complexity index is 819. The fourth-order valence-corrected chi connectivity index (χ4v) is 3.51. The van der Waals surface area contributed by atoms with E-state index < -0.39 is 24.3 Å². The van der Waals surface area contributed by atoms with Crippen LogP contribution in [0.25, 0.3) is 0 Å². The molecule has 0 aromatic heterocycles. The summed E-state index contributed by atoms with van der Waals surface area (Å²) < 4.78 is 9.20. The number of ether oxygens (including phenoxy) is 2. The van der Waals surface area contributed by atoms with Gasteiger partial charge in [0.15, 0.2) is 0 Å². The minimum atomic E-state index is -1.25. The Morgan fingerprint density at radius 3 is 2.65 bits per heavy atom. The Labute approximate surface area is 148 Å². The summed E-state index contributed by atoms with van der Waals surface area (Å²) in [6.45, 7) is -0.0932. The molecule has 4 rings (SSSR count). The van der Waals surface area contributed by atoms with E-state index in [0.717, 1.165) is 30.5 Å². The van der Waals surface area contributed by atoms with Crippen molar-refractivity contribution in [1.82, 2.24) is 0 Å². The first kappa shape index (κ1) is 16.4. The number of carbonyl (C=O) groups is 4. The van der Waals surface area contributed by atoms with Crippen LogP contribution in [-0.2, 0) is 25.5 Å². The molecule has 1 aromatic rings. The van der Waals surface area contributed by atoms with Crippen molar-refractivity contribution in [1.29, 1.82) is 0 Å². The molecule has 1 saturated carbocycles. The molecule has 0 radical (unpaired) electrons. The molecular weight excluding hydrogens is 342 g/mol. The summed E-state index contributed by atoms with van der Waals surface area (Å²) in [5.41, 5.74) is 7.04. The molecule has 0 bridgehead atoms. The topological polar surface area (TPSA) is 119 Å². The van der Waals surface area contributed by atoms with Crippen LogP contribution in [0.2, 0.25) is 0 Å². The fraction of sp³-hybridized carbons (Fsp3) is 0.412. The van der Waals surface area contributed by atoms with Crippen molar-refractivity contribution in [3.63, 3.8) is 0 Å². The predicted molar refractivity (Wildman–Crippen MR) is 88.6 cm³/mol. The lowest BCUT2D eigenvalue weighted by Gasteiger charge is -2.35. The van der Waals surface area contributed by atoms with Crippen LogP contribution >= 0.6 is 0 Å². The number of benzene rings is 1. The molecular formula is C17H17N3O6. The van der Waals surface area contributed by atoms with E-state index in [-0.39, 0.29) is 24.9 Å². The van der Waals surface area contributed by atoms with Gasteiger partial charge in [-0.05, 0) is 43.0 Å². The molecule has 1 unspecified atom stereocenters. The van der Waals surface area contributed by atoms with Crippen molar-refractivity contribution in [3.8, 4) is 0 Å². The van der Waals surface area contributed by atoms with E-state index in [2.05, 4.69) is 4.74 Å². The number of esters is 1. The van der Waals surface area contributed by atoms with Gasteiger partial charge in [-0.3, -0.25) is 9.69 Å². The second-order valence-electron chi connectivity index (χ2n) is 6.56. The zero-order valence-electron chi connectivity index (χ0n) is 13.8. The Balaban J connectivity index is 1.53. The summed E-state index contributed by atoms with van der Waals surface area (Å²) in [5.74, 6) is -0.949. The number of amides is 3. The van der Waals surface area contributed by atoms with E-state index in [9.17, 15) is 19.2 Å². The third-order valence-electron chi connectivity index (χ3n) is 4.96. The van der Waals surface area contributed by atoms with Crippen LogP contribution in [0.5, 0.6) is 0 Å². The van der Waals surface area contributed by atoms with Gasteiger partial charge in [-0.15, -0.1) is 0 Å². The first-order valence-corrected chi connectivity index (χ1v) is 8.38. The molecule has 1 atom stereocenters. The molecule has 1 saturated heterocycles. The molecule has 2 N–H and O–H groups in total. The lowest BCUT2D eigenvalue weighted by atomic mass is 9.91. The normalized spacial score (nSPS) is 22.1. The highest BCUT2D eigenvalue weighted by Gasteiger charge is 2.40. The van der Waals surface area contributed by atoms with Crippen molar-refractivity contribution in [3.05, 3.63) is 23.8 Å². The average Bonchev–Trinajstić information content (AvgIpc) is 3.06. The Kier molecular flexibility index (Phi) is 3.78. The average molecular weight is 359 g/mol. The number of cyclic esters (lactones) is 1. The summed E-state index contributed by atoms with van der Waals surface area (Å²) in [6, 6.07) is 5.55. The molecule has 2 fully saturated rings. The lowest BCUT2D eigenvalue weighted by molar-refractivity contribution is -0.144. The van der Waals surface area contributed by atoms with Crippen LogP contribution in [-0.4, -0.2) is 42.8 Å². The summed E-state index contributed by atoms with van der Waals surface area (Å²) in [5, 5.41) is 0. The largest absolute Gasteiger partial charge is 0.432 e. The quantitative estimate of drug-likeness (QED) is 0.637. The third-order valence-corrected chi connectivity index (χ3v) is 4.96. The fourth-order valence-electron chi connectivity index (χ4n) is 3.51. The van der Waals surface area contributed by atoms with Gasteiger partial charge in [-0.2, -0.15) is 0 Å². The maximum absolute atomic E-state index is 12.3.